The number of nitrogens with zero attached hydrogens (tertiary/aromatic N) is 3. The van der Waals surface area contributed by atoms with Crippen LogP contribution in [0, 0.1) is 6.92 Å². The maximum absolute atomic E-state index is 12.7. The number of hydrogen-bond acceptors (Lipinski definition) is 5. The van der Waals surface area contributed by atoms with E-state index in [1.165, 1.54) is 20.2 Å². The molecule has 0 bridgehead atoms. The van der Waals surface area contributed by atoms with E-state index in [9.17, 15) is 4.79 Å². The highest BCUT2D eigenvalue weighted by atomic mass is 32.1. The highest BCUT2D eigenvalue weighted by Crippen LogP contribution is 2.38. The lowest BCUT2D eigenvalue weighted by molar-refractivity contribution is 0.0218. The smallest absolute Gasteiger partial charge is 0.410 e. The Kier molecular flexibility index (Phi) is 5.37. The Hall–Kier alpha value is -3.65. The molecule has 5 aromatic rings. The summed E-state index contributed by atoms with van der Waals surface area (Å²) in [6, 6.07) is 13.0. The Labute approximate surface area is 213 Å². The number of ether oxygens (including phenoxy) is 1. The molecule has 4 heterocycles. The number of imidazole rings is 2. The minimum atomic E-state index is -0.518. The fourth-order valence-electron chi connectivity index (χ4n) is 4.92. The molecule has 36 heavy (non-hydrogen) atoms. The summed E-state index contributed by atoms with van der Waals surface area (Å²) in [6.07, 6.45) is 5.28. The lowest BCUT2D eigenvalue weighted by Crippen LogP contribution is -2.36. The molecule has 1 fully saturated rings. The summed E-state index contributed by atoms with van der Waals surface area (Å²) in [5, 5.41) is 2.50. The van der Waals surface area contributed by atoms with E-state index in [1.54, 1.807) is 16.2 Å². The van der Waals surface area contributed by atoms with E-state index in [0.29, 0.717) is 6.54 Å². The monoisotopic (exact) mass is 499 g/mol. The molecule has 1 aliphatic rings. The molecule has 0 spiro atoms. The van der Waals surface area contributed by atoms with E-state index in [-0.39, 0.29) is 12.1 Å². The second-order valence-electron chi connectivity index (χ2n) is 10.4. The summed E-state index contributed by atoms with van der Waals surface area (Å²) in [5.74, 6) is 1.72. The average Bonchev–Trinajstić information content (AvgIpc) is 3.61. The fourth-order valence-corrected chi connectivity index (χ4v) is 6.11. The van der Waals surface area contributed by atoms with Crippen LogP contribution in [-0.4, -0.2) is 43.1 Å². The number of H-pyrrole nitrogens is 2. The summed E-state index contributed by atoms with van der Waals surface area (Å²) in [4.78, 5) is 30.3. The van der Waals surface area contributed by atoms with Crippen LogP contribution in [-0.2, 0) is 4.74 Å². The van der Waals surface area contributed by atoms with Crippen LogP contribution in [0.5, 0.6) is 0 Å². The highest BCUT2D eigenvalue weighted by molar-refractivity contribution is 7.25. The van der Waals surface area contributed by atoms with Gasteiger partial charge in [0.15, 0.2) is 0 Å². The number of aromatic nitrogens is 4. The number of rotatable bonds is 3. The van der Waals surface area contributed by atoms with Crippen LogP contribution in [0.4, 0.5) is 4.79 Å². The number of aromatic amines is 2. The van der Waals surface area contributed by atoms with Gasteiger partial charge in [-0.05, 0) is 52.7 Å². The van der Waals surface area contributed by atoms with Crippen molar-refractivity contribution < 1.29 is 9.53 Å². The van der Waals surface area contributed by atoms with Crippen molar-refractivity contribution in [3.8, 4) is 22.5 Å². The Balaban J connectivity index is 1.29. The summed E-state index contributed by atoms with van der Waals surface area (Å²) < 4.78 is 8.10. The number of likely N-dealkylation sites (tertiary alicyclic amines) is 1. The minimum Gasteiger partial charge on any atom is -0.444 e. The summed E-state index contributed by atoms with van der Waals surface area (Å²) in [6.45, 7) is 8.33. The molecule has 1 aliphatic heterocycles. The van der Waals surface area contributed by atoms with Gasteiger partial charge in [0.1, 0.15) is 17.2 Å². The first-order valence-corrected chi connectivity index (χ1v) is 13.1. The average molecular weight is 500 g/mol. The number of aryl methyl sites for hydroxylation is 1. The van der Waals surface area contributed by atoms with E-state index in [4.69, 9.17) is 4.74 Å². The van der Waals surface area contributed by atoms with Crippen LogP contribution < -0.4 is 0 Å². The Morgan fingerprint density at radius 2 is 1.64 bits per heavy atom. The molecule has 1 saturated heterocycles. The van der Waals surface area contributed by atoms with Crippen molar-refractivity contribution in [2.45, 2.75) is 52.2 Å². The van der Waals surface area contributed by atoms with Crippen LogP contribution in [0.1, 0.15) is 51.3 Å². The van der Waals surface area contributed by atoms with E-state index in [2.05, 4.69) is 56.3 Å². The Morgan fingerprint density at radius 3 is 2.25 bits per heavy atom. The molecule has 7 nitrogen and oxygen atoms in total. The molecule has 0 unspecified atom stereocenters. The zero-order valence-corrected chi connectivity index (χ0v) is 21.7. The first-order chi connectivity index (χ1) is 17.2. The van der Waals surface area contributed by atoms with Crippen molar-refractivity contribution in [2.24, 2.45) is 0 Å². The molecule has 3 aromatic heterocycles. The normalized spacial score (nSPS) is 16.3. The molecule has 0 saturated carbocycles. The molecular weight excluding hydrogens is 470 g/mol. The van der Waals surface area contributed by atoms with Gasteiger partial charge in [0.2, 0.25) is 0 Å². The van der Waals surface area contributed by atoms with Crippen LogP contribution >= 0.6 is 11.3 Å². The molecule has 1 amide bonds. The third kappa shape index (κ3) is 4.15. The molecule has 0 radical (unpaired) electrons. The van der Waals surface area contributed by atoms with Crippen molar-refractivity contribution in [1.82, 2.24) is 24.8 Å². The molecule has 1 atom stereocenters. The van der Waals surface area contributed by atoms with Crippen molar-refractivity contribution in [2.75, 3.05) is 6.54 Å². The number of amides is 1. The van der Waals surface area contributed by atoms with Crippen molar-refractivity contribution in [3.63, 3.8) is 0 Å². The van der Waals surface area contributed by atoms with Gasteiger partial charge in [-0.2, -0.15) is 0 Å². The van der Waals surface area contributed by atoms with Gasteiger partial charge in [-0.25, -0.2) is 14.8 Å². The maximum Gasteiger partial charge on any atom is 0.410 e. The first kappa shape index (κ1) is 22.8. The number of nitrogens with one attached hydrogen (secondary N) is 2. The number of carbonyl (C=O) groups excluding carboxylic acids is 1. The van der Waals surface area contributed by atoms with Gasteiger partial charge in [-0.1, -0.05) is 24.3 Å². The van der Waals surface area contributed by atoms with Gasteiger partial charge in [0.05, 0.1) is 29.8 Å². The predicted molar refractivity (Wildman–Crippen MR) is 144 cm³/mol. The van der Waals surface area contributed by atoms with Crippen molar-refractivity contribution in [1.29, 1.82) is 0 Å². The van der Waals surface area contributed by atoms with Gasteiger partial charge in [-0.15, -0.1) is 11.3 Å². The number of carbonyl (C=O) groups is 1. The van der Waals surface area contributed by atoms with Crippen LogP contribution in [0.2, 0.25) is 0 Å². The minimum absolute atomic E-state index is 0.0915. The number of hydrogen-bond donors (Lipinski definition) is 2. The second-order valence-corrected chi connectivity index (χ2v) is 11.5. The predicted octanol–water partition coefficient (Wildman–Crippen LogP) is 7.22. The van der Waals surface area contributed by atoms with Crippen LogP contribution in [0.3, 0.4) is 0 Å². The summed E-state index contributed by atoms with van der Waals surface area (Å²) >= 11 is 1.79. The molecule has 6 rings (SSSR count). The molecular formula is C28H29N5O2S. The van der Waals surface area contributed by atoms with E-state index in [1.807, 2.05) is 40.1 Å². The lowest BCUT2D eigenvalue weighted by Gasteiger charge is -2.27. The Bertz CT molecular complexity index is 1590. The zero-order valence-electron chi connectivity index (χ0n) is 20.9. The van der Waals surface area contributed by atoms with Crippen molar-refractivity contribution in [3.05, 3.63) is 60.4 Å². The van der Waals surface area contributed by atoms with E-state index < -0.39 is 5.60 Å². The van der Waals surface area contributed by atoms with Crippen LogP contribution in [0.15, 0.2) is 48.8 Å². The molecule has 2 aromatic carbocycles. The van der Waals surface area contributed by atoms with Gasteiger partial charge >= 0.3 is 6.09 Å². The van der Waals surface area contributed by atoms with Gasteiger partial charge in [0.25, 0.3) is 0 Å². The molecule has 8 heteroatoms. The number of benzene rings is 2. The van der Waals surface area contributed by atoms with Crippen LogP contribution in [0.25, 0.3) is 42.7 Å². The summed E-state index contributed by atoms with van der Waals surface area (Å²) in [5.41, 5.74) is 3.69. The van der Waals surface area contributed by atoms with E-state index >= 15 is 0 Å². The molecule has 184 valence electrons. The maximum atomic E-state index is 12.7. The molecule has 0 aliphatic carbocycles. The number of fused-ring (bicyclic) bond motifs is 3. The van der Waals surface area contributed by atoms with E-state index in [0.717, 1.165) is 47.0 Å². The zero-order chi connectivity index (χ0) is 25.0. The number of thiophene rings is 1. The quantitative estimate of drug-likeness (QED) is 0.274. The summed E-state index contributed by atoms with van der Waals surface area (Å²) in [7, 11) is 0. The first-order valence-electron chi connectivity index (χ1n) is 12.3. The second kappa shape index (κ2) is 8.48. The van der Waals surface area contributed by atoms with Crippen molar-refractivity contribution >= 4 is 37.6 Å². The largest absolute Gasteiger partial charge is 0.444 e. The lowest BCUT2D eigenvalue weighted by atomic mass is 10.1. The highest BCUT2D eigenvalue weighted by Gasteiger charge is 2.34. The van der Waals surface area contributed by atoms with Gasteiger partial charge in [0, 0.05) is 37.8 Å². The standard InChI is InChI=1S/C28H29N5O2S/c1-16-29-14-21(31-16)17-7-9-19-20-10-8-18(13-25(20)36-24(19)12-17)22-15-30-26(32-22)23-6-5-11-33(23)27(34)35-28(2,3)4/h7-10,12-15,23H,5-6,11H2,1-4H3,(H,29,31)(H,30,32)/t23-/m0/s1. The Morgan fingerprint density at radius 1 is 1.00 bits per heavy atom. The SMILES string of the molecule is Cc1ncc(-c2ccc3c(c2)sc2cc(-c4cnc([C@@H]5CCCN5C(=O)OC(C)(C)C)[nH]4)ccc23)[nH]1. The third-order valence-corrected chi connectivity index (χ3v) is 7.71. The third-order valence-electron chi connectivity index (χ3n) is 6.59. The van der Waals surface area contributed by atoms with Gasteiger partial charge in [-0.3, -0.25) is 4.90 Å². The molecule has 2 N–H and O–H groups in total. The van der Waals surface area contributed by atoms with Gasteiger partial charge < -0.3 is 14.7 Å². The topological polar surface area (TPSA) is 86.9 Å². The fraction of sp³-hybridized carbons (Fsp3) is 0.321.